The first-order valence-electron chi connectivity index (χ1n) is 10.6. The van der Waals surface area contributed by atoms with Gasteiger partial charge in [0.15, 0.2) is 5.96 Å². The molecule has 0 aliphatic carbocycles. The van der Waals surface area contributed by atoms with E-state index in [1.165, 1.54) is 11.1 Å². The maximum atomic E-state index is 4.93. The van der Waals surface area contributed by atoms with Crippen molar-refractivity contribution >= 4 is 29.9 Å². The van der Waals surface area contributed by atoms with Crippen molar-refractivity contribution in [1.29, 1.82) is 0 Å². The third kappa shape index (κ3) is 7.24. The summed E-state index contributed by atoms with van der Waals surface area (Å²) in [5.74, 6) is 0.972. The molecule has 1 fully saturated rings. The van der Waals surface area contributed by atoms with E-state index in [2.05, 4.69) is 68.3 Å². The highest BCUT2D eigenvalue weighted by molar-refractivity contribution is 14.0. The van der Waals surface area contributed by atoms with E-state index in [1.807, 2.05) is 13.1 Å². The number of nitrogens with one attached hydrogen (secondary N) is 1. The number of halogens is 1. The van der Waals surface area contributed by atoms with Crippen LogP contribution in [0.15, 0.2) is 46.1 Å². The number of hydrogen-bond acceptors (Lipinski definition) is 5. The summed E-state index contributed by atoms with van der Waals surface area (Å²) < 4.78 is 4.93. The minimum Gasteiger partial charge on any atom is -0.364 e. The molecular weight excluding hydrogens is 491 g/mol. The fourth-order valence-electron chi connectivity index (χ4n) is 3.72. The second kappa shape index (κ2) is 12.9. The summed E-state index contributed by atoms with van der Waals surface area (Å²) in [4.78, 5) is 11.7. The van der Waals surface area contributed by atoms with Crippen LogP contribution in [0.4, 0.5) is 0 Å². The number of hydrogen-bond donors (Lipinski definition) is 1. The van der Waals surface area contributed by atoms with E-state index in [1.54, 1.807) is 6.26 Å². The zero-order valence-electron chi connectivity index (χ0n) is 18.4. The molecule has 1 aliphatic rings. The lowest BCUT2D eigenvalue weighted by Crippen LogP contribution is -2.52. The lowest BCUT2D eigenvalue weighted by atomic mass is 10.1. The maximum Gasteiger partial charge on any atom is 0.194 e. The minimum atomic E-state index is 0. The summed E-state index contributed by atoms with van der Waals surface area (Å²) in [5.41, 5.74) is 3.65. The fourth-order valence-corrected chi connectivity index (χ4v) is 3.72. The van der Waals surface area contributed by atoms with Crippen LogP contribution in [-0.2, 0) is 19.6 Å². The SMILES string of the molecule is CCN(CC)Cc1cccc(CNC(=NC)N2CCN(Cc3ccon3)CC2)c1.I. The van der Waals surface area contributed by atoms with Gasteiger partial charge in [0.1, 0.15) is 6.26 Å². The molecule has 2 aromatic rings. The quantitative estimate of drug-likeness (QED) is 0.324. The van der Waals surface area contributed by atoms with Crippen molar-refractivity contribution in [1.82, 2.24) is 25.2 Å². The minimum absolute atomic E-state index is 0. The second-order valence-electron chi connectivity index (χ2n) is 7.44. The highest BCUT2D eigenvalue weighted by atomic mass is 127. The number of guanidine groups is 1. The molecule has 1 N–H and O–H groups in total. The molecule has 7 nitrogen and oxygen atoms in total. The molecule has 0 amide bonds. The van der Waals surface area contributed by atoms with Crippen LogP contribution >= 0.6 is 24.0 Å². The molecule has 2 heterocycles. The Bertz CT molecular complexity index is 755. The van der Waals surface area contributed by atoms with E-state index >= 15 is 0 Å². The predicted molar refractivity (Wildman–Crippen MR) is 132 cm³/mol. The molecule has 30 heavy (non-hydrogen) atoms. The Morgan fingerprint density at radius 3 is 2.50 bits per heavy atom. The number of aromatic nitrogens is 1. The summed E-state index contributed by atoms with van der Waals surface area (Å²) in [5, 5.41) is 7.55. The Balaban J connectivity index is 0.00000320. The van der Waals surface area contributed by atoms with Crippen LogP contribution in [0.25, 0.3) is 0 Å². The molecule has 166 valence electrons. The molecule has 1 aromatic heterocycles. The fraction of sp³-hybridized carbons (Fsp3) is 0.545. The summed E-state index contributed by atoms with van der Waals surface area (Å²) in [7, 11) is 1.86. The number of nitrogens with zero attached hydrogens (tertiary/aromatic N) is 5. The van der Waals surface area contributed by atoms with Crippen LogP contribution in [0.2, 0.25) is 0 Å². The molecular formula is C22H35IN6O. The molecule has 3 rings (SSSR count). The lowest BCUT2D eigenvalue weighted by molar-refractivity contribution is 0.169. The average Bonchev–Trinajstić information content (AvgIpc) is 3.27. The standard InChI is InChI=1S/C22H34N6O.HI/c1-4-26(5-2)17-20-8-6-7-19(15-20)16-24-22(23-3)28-12-10-27(11-13-28)18-21-9-14-29-25-21;/h6-9,14-15H,4-5,10-13,16-18H2,1-3H3,(H,23,24);1H. The molecule has 0 radical (unpaired) electrons. The average molecular weight is 526 g/mol. The Hall–Kier alpha value is -1.65. The van der Waals surface area contributed by atoms with Crippen LogP contribution in [-0.4, -0.2) is 72.1 Å². The third-order valence-corrected chi connectivity index (χ3v) is 5.50. The van der Waals surface area contributed by atoms with E-state index in [9.17, 15) is 0 Å². The first-order chi connectivity index (χ1) is 14.2. The zero-order valence-corrected chi connectivity index (χ0v) is 20.7. The van der Waals surface area contributed by atoms with Gasteiger partial charge in [0.05, 0.1) is 5.69 Å². The highest BCUT2D eigenvalue weighted by Crippen LogP contribution is 2.10. The predicted octanol–water partition coefficient (Wildman–Crippen LogP) is 3.03. The van der Waals surface area contributed by atoms with E-state index in [-0.39, 0.29) is 24.0 Å². The molecule has 1 aliphatic heterocycles. The van der Waals surface area contributed by atoms with Gasteiger partial charge in [-0.15, -0.1) is 24.0 Å². The van der Waals surface area contributed by atoms with Crippen molar-refractivity contribution in [2.24, 2.45) is 4.99 Å². The van der Waals surface area contributed by atoms with Gasteiger partial charge >= 0.3 is 0 Å². The van der Waals surface area contributed by atoms with E-state index < -0.39 is 0 Å². The summed E-state index contributed by atoms with van der Waals surface area (Å²) in [6.07, 6.45) is 1.63. The normalized spacial score (nSPS) is 15.3. The Kier molecular flexibility index (Phi) is 10.6. The summed E-state index contributed by atoms with van der Waals surface area (Å²) in [6.45, 7) is 13.1. The largest absolute Gasteiger partial charge is 0.364 e. The Morgan fingerprint density at radius 2 is 1.87 bits per heavy atom. The van der Waals surface area contributed by atoms with E-state index in [0.29, 0.717) is 0 Å². The van der Waals surface area contributed by atoms with Crippen LogP contribution in [0.1, 0.15) is 30.7 Å². The molecule has 0 spiro atoms. The van der Waals surface area contributed by atoms with Crippen molar-refractivity contribution in [2.75, 3.05) is 46.3 Å². The first-order valence-corrected chi connectivity index (χ1v) is 10.6. The molecule has 1 saturated heterocycles. The first kappa shape index (κ1) is 24.6. The van der Waals surface area contributed by atoms with E-state index in [0.717, 1.165) is 70.6 Å². The van der Waals surface area contributed by atoms with Gasteiger partial charge < -0.3 is 14.7 Å². The van der Waals surface area contributed by atoms with Crippen molar-refractivity contribution in [3.05, 3.63) is 53.4 Å². The van der Waals surface area contributed by atoms with Gasteiger partial charge in [0.25, 0.3) is 0 Å². The van der Waals surface area contributed by atoms with Crippen LogP contribution < -0.4 is 5.32 Å². The van der Waals surface area contributed by atoms with Gasteiger partial charge in [-0.2, -0.15) is 0 Å². The third-order valence-electron chi connectivity index (χ3n) is 5.50. The number of rotatable bonds is 8. The van der Waals surface area contributed by atoms with Gasteiger partial charge in [-0.3, -0.25) is 14.8 Å². The van der Waals surface area contributed by atoms with Crippen molar-refractivity contribution in [2.45, 2.75) is 33.5 Å². The molecule has 0 atom stereocenters. The molecule has 1 aromatic carbocycles. The van der Waals surface area contributed by atoms with Crippen LogP contribution in [0.3, 0.4) is 0 Å². The van der Waals surface area contributed by atoms with Gasteiger partial charge in [0, 0.05) is 58.9 Å². The van der Waals surface area contributed by atoms with Gasteiger partial charge in [-0.05, 0) is 24.2 Å². The highest BCUT2D eigenvalue weighted by Gasteiger charge is 2.20. The smallest absolute Gasteiger partial charge is 0.194 e. The second-order valence-corrected chi connectivity index (χ2v) is 7.44. The molecule has 8 heteroatoms. The van der Waals surface area contributed by atoms with Crippen molar-refractivity contribution < 1.29 is 4.52 Å². The number of aliphatic imine (C=N–C) groups is 1. The monoisotopic (exact) mass is 526 g/mol. The van der Waals surface area contributed by atoms with Crippen LogP contribution in [0.5, 0.6) is 0 Å². The molecule has 0 unspecified atom stereocenters. The van der Waals surface area contributed by atoms with Crippen molar-refractivity contribution in [3.8, 4) is 0 Å². The van der Waals surface area contributed by atoms with E-state index in [4.69, 9.17) is 4.52 Å². The topological polar surface area (TPSA) is 60.1 Å². The van der Waals surface area contributed by atoms with Gasteiger partial charge in [0.2, 0.25) is 0 Å². The number of piperazine rings is 1. The van der Waals surface area contributed by atoms with Gasteiger partial charge in [-0.1, -0.05) is 43.3 Å². The molecule has 0 saturated carbocycles. The Morgan fingerprint density at radius 1 is 1.13 bits per heavy atom. The molecule has 0 bridgehead atoms. The summed E-state index contributed by atoms with van der Waals surface area (Å²) in [6, 6.07) is 10.8. The Labute approximate surface area is 197 Å². The zero-order chi connectivity index (χ0) is 20.5. The summed E-state index contributed by atoms with van der Waals surface area (Å²) >= 11 is 0. The number of benzene rings is 1. The van der Waals surface area contributed by atoms with Gasteiger partial charge in [-0.25, -0.2) is 0 Å². The van der Waals surface area contributed by atoms with Crippen molar-refractivity contribution in [3.63, 3.8) is 0 Å². The van der Waals surface area contributed by atoms with Crippen LogP contribution in [0, 0.1) is 0 Å². The maximum absolute atomic E-state index is 4.93. The lowest BCUT2D eigenvalue weighted by Gasteiger charge is -2.36.